The first kappa shape index (κ1) is 15.0. The van der Waals surface area contributed by atoms with Gasteiger partial charge in [0.05, 0.1) is 6.04 Å². The molecule has 1 atom stereocenters. The molecule has 0 aromatic carbocycles. The molecule has 7 nitrogen and oxygen atoms in total. The van der Waals surface area contributed by atoms with E-state index in [1.807, 2.05) is 12.2 Å². The van der Waals surface area contributed by atoms with Gasteiger partial charge in [-0.3, -0.25) is 4.90 Å². The summed E-state index contributed by atoms with van der Waals surface area (Å²) in [5.74, 6) is -0.218. The Labute approximate surface area is 122 Å². The summed E-state index contributed by atoms with van der Waals surface area (Å²) >= 11 is 0. The van der Waals surface area contributed by atoms with E-state index in [0.717, 1.165) is 0 Å². The Morgan fingerprint density at radius 2 is 2.19 bits per heavy atom. The fourth-order valence-corrected chi connectivity index (χ4v) is 2.00. The average Bonchev–Trinajstić information content (AvgIpc) is 2.86. The summed E-state index contributed by atoms with van der Waals surface area (Å²) in [4.78, 5) is 27.5. The smallest absolute Gasteiger partial charge is 0.411 e. The van der Waals surface area contributed by atoms with Crippen LogP contribution in [0.4, 0.5) is 10.6 Å². The Kier molecular flexibility index (Phi) is 3.93. The highest BCUT2D eigenvalue weighted by Gasteiger charge is 2.30. The number of nitro groups is 1. The predicted octanol–water partition coefficient (Wildman–Crippen LogP) is 2.84. The molecule has 0 spiro atoms. The molecule has 1 aromatic heterocycles. The number of nitrogens with zero attached hydrogens (tertiary/aromatic N) is 3. The number of hydrogen-bond acceptors (Lipinski definition) is 5. The number of amides is 1. The lowest BCUT2D eigenvalue weighted by Gasteiger charge is -2.28. The van der Waals surface area contributed by atoms with Crippen LogP contribution in [0, 0.1) is 10.1 Å². The standard InChI is InChI=1S/C14H17N3O4/c1-14(2,3)21-13(18)16-8-4-5-11(16)10-6-7-12(15-9-10)17(19)20/h4-7,9,11H,8H2,1-3H3. The van der Waals surface area contributed by atoms with E-state index in [-0.39, 0.29) is 11.9 Å². The van der Waals surface area contributed by atoms with E-state index < -0.39 is 16.6 Å². The van der Waals surface area contributed by atoms with Gasteiger partial charge in [-0.05, 0) is 36.7 Å². The Bertz CT molecular complexity index is 575. The molecule has 0 aliphatic carbocycles. The molecule has 0 saturated heterocycles. The predicted molar refractivity (Wildman–Crippen MR) is 75.7 cm³/mol. The van der Waals surface area contributed by atoms with Crippen molar-refractivity contribution in [3.05, 3.63) is 46.2 Å². The van der Waals surface area contributed by atoms with Gasteiger partial charge in [-0.25, -0.2) is 4.79 Å². The summed E-state index contributed by atoms with van der Waals surface area (Å²) in [6, 6.07) is 2.62. The minimum absolute atomic E-state index is 0.218. The lowest BCUT2D eigenvalue weighted by Crippen LogP contribution is -2.36. The Morgan fingerprint density at radius 3 is 2.71 bits per heavy atom. The van der Waals surface area contributed by atoms with Gasteiger partial charge in [0.25, 0.3) is 0 Å². The van der Waals surface area contributed by atoms with Crippen LogP contribution >= 0.6 is 0 Å². The average molecular weight is 291 g/mol. The molecule has 1 unspecified atom stereocenters. The zero-order chi connectivity index (χ0) is 15.6. The van der Waals surface area contributed by atoms with Gasteiger partial charge in [0, 0.05) is 18.2 Å². The maximum Gasteiger partial charge on any atom is 0.411 e. The Hall–Kier alpha value is -2.44. The third kappa shape index (κ3) is 3.56. The molecular formula is C14H17N3O4. The van der Waals surface area contributed by atoms with Gasteiger partial charge in [0.2, 0.25) is 0 Å². The van der Waals surface area contributed by atoms with E-state index in [2.05, 4.69) is 4.98 Å². The van der Waals surface area contributed by atoms with Gasteiger partial charge in [-0.15, -0.1) is 0 Å². The molecule has 1 aliphatic rings. The van der Waals surface area contributed by atoms with Crippen molar-refractivity contribution < 1.29 is 14.5 Å². The van der Waals surface area contributed by atoms with Crippen molar-refractivity contribution in [1.29, 1.82) is 0 Å². The Morgan fingerprint density at radius 1 is 1.48 bits per heavy atom. The molecule has 0 bridgehead atoms. The van der Waals surface area contributed by atoms with Crippen molar-refractivity contribution >= 4 is 11.9 Å². The van der Waals surface area contributed by atoms with Crippen LogP contribution in [0.3, 0.4) is 0 Å². The van der Waals surface area contributed by atoms with Gasteiger partial charge < -0.3 is 14.9 Å². The minimum atomic E-state index is -0.571. The number of carbonyl (C=O) groups excluding carboxylic acids is 1. The van der Waals surface area contributed by atoms with Gasteiger partial charge in [0.15, 0.2) is 0 Å². The lowest BCUT2D eigenvalue weighted by molar-refractivity contribution is -0.389. The maximum absolute atomic E-state index is 12.2. The highest BCUT2D eigenvalue weighted by molar-refractivity contribution is 5.70. The minimum Gasteiger partial charge on any atom is -0.444 e. The molecule has 112 valence electrons. The molecule has 0 fully saturated rings. The van der Waals surface area contributed by atoms with Gasteiger partial charge >= 0.3 is 11.9 Å². The molecule has 0 radical (unpaired) electrons. The van der Waals surface area contributed by atoms with Crippen LogP contribution < -0.4 is 0 Å². The second-order valence-corrected chi connectivity index (χ2v) is 5.71. The zero-order valence-electron chi connectivity index (χ0n) is 12.1. The molecule has 0 saturated carbocycles. The summed E-state index contributed by atoms with van der Waals surface area (Å²) in [5, 5.41) is 10.6. The normalized spacial score (nSPS) is 17.9. The van der Waals surface area contributed by atoms with Crippen molar-refractivity contribution in [1.82, 2.24) is 9.88 Å². The van der Waals surface area contributed by atoms with E-state index >= 15 is 0 Å². The maximum atomic E-state index is 12.2. The fraction of sp³-hybridized carbons (Fsp3) is 0.429. The van der Waals surface area contributed by atoms with Gasteiger partial charge in [-0.1, -0.05) is 12.2 Å². The van der Waals surface area contributed by atoms with Crippen molar-refractivity contribution in [2.75, 3.05) is 6.54 Å². The first-order valence-corrected chi connectivity index (χ1v) is 6.54. The SMILES string of the molecule is CC(C)(C)OC(=O)N1CC=CC1c1ccc([N+](=O)[O-])nc1. The van der Waals surface area contributed by atoms with Crippen LogP contribution in [-0.4, -0.2) is 33.0 Å². The first-order chi connectivity index (χ1) is 9.78. The summed E-state index contributed by atoms with van der Waals surface area (Å²) < 4.78 is 5.35. The highest BCUT2D eigenvalue weighted by Crippen LogP contribution is 2.28. The molecule has 0 N–H and O–H groups in total. The quantitative estimate of drug-likeness (QED) is 0.475. The topological polar surface area (TPSA) is 85.6 Å². The molecular weight excluding hydrogens is 274 g/mol. The summed E-state index contributed by atoms with van der Waals surface area (Å²) in [6.45, 7) is 5.85. The lowest BCUT2D eigenvalue weighted by atomic mass is 10.1. The van der Waals surface area contributed by atoms with Crippen LogP contribution in [0.5, 0.6) is 0 Å². The highest BCUT2D eigenvalue weighted by atomic mass is 16.6. The van der Waals surface area contributed by atoms with Crippen molar-refractivity contribution in [3.8, 4) is 0 Å². The number of rotatable bonds is 2. The zero-order valence-corrected chi connectivity index (χ0v) is 12.1. The van der Waals surface area contributed by atoms with Crippen molar-refractivity contribution in [3.63, 3.8) is 0 Å². The van der Waals surface area contributed by atoms with Crippen molar-refractivity contribution in [2.24, 2.45) is 0 Å². The number of pyridine rings is 1. The van der Waals surface area contributed by atoms with E-state index in [1.165, 1.54) is 12.3 Å². The second kappa shape index (κ2) is 5.51. The molecule has 21 heavy (non-hydrogen) atoms. The number of aromatic nitrogens is 1. The third-order valence-electron chi connectivity index (χ3n) is 2.88. The molecule has 1 aliphatic heterocycles. The third-order valence-corrected chi connectivity index (χ3v) is 2.88. The molecule has 2 rings (SSSR count). The summed E-state index contributed by atoms with van der Waals surface area (Å²) in [6.07, 6.45) is 4.70. The summed E-state index contributed by atoms with van der Waals surface area (Å²) in [5.41, 5.74) is 0.137. The van der Waals surface area contributed by atoms with Crippen molar-refractivity contribution in [2.45, 2.75) is 32.4 Å². The van der Waals surface area contributed by atoms with E-state index in [4.69, 9.17) is 4.74 Å². The Balaban J connectivity index is 2.16. The molecule has 7 heteroatoms. The molecule has 1 aromatic rings. The first-order valence-electron chi connectivity index (χ1n) is 6.54. The van der Waals surface area contributed by atoms with E-state index in [9.17, 15) is 14.9 Å². The molecule has 1 amide bonds. The molecule has 2 heterocycles. The monoisotopic (exact) mass is 291 g/mol. The van der Waals surface area contributed by atoms with Gasteiger partial charge in [-0.2, -0.15) is 0 Å². The van der Waals surface area contributed by atoms with Crippen LogP contribution in [0.25, 0.3) is 0 Å². The number of hydrogen-bond donors (Lipinski definition) is 0. The number of ether oxygens (including phenoxy) is 1. The van der Waals surface area contributed by atoms with E-state index in [0.29, 0.717) is 12.1 Å². The summed E-state index contributed by atoms with van der Waals surface area (Å²) in [7, 11) is 0. The number of carbonyl (C=O) groups is 1. The largest absolute Gasteiger partial charge is 0.444 e. The van der Waals surface area contributed by atoms with Crippen LogP contribution in [0.1, 0.15) is 32.4 Å². The van der Waals surface area contributed by atoms with Crippen LogP contribution in [-0.2, 0) is 4.74 Å². The second-order valence-electron chi connectivity index (χ2n) is 5.71. The van der Waals surface area contributed by atoms with Crippen LogP contribution in [0.2, 0.25) is 0 Å². The van der Waals surface area contributed by atoms with Gasteiger partial charge in [0.1, 0.15) is 11.8 Å². The fourth-order valence-electron chi connectivity index (χ4n) is 2.00. The van der Waals surface area contributed by atoms with E-state index in [1.54, 1.807) is 31.7 Å². The van der Waals surface area contributed by atoms with Crippen LogP contribution in [0.15, 0.2) is 30.5 Å².